The fraction of sp³-hybridized carbons (Fsp3) is 0.467. The van der Waals surface area contributed by atoms with Crippen LogP contribution in [-0.2, 0) is 0 Å². The molecule has 2 aromatic heterocycles. The van der Waals surface area contributed by atoms with E-state index < -0.39 is 0 Å². The Morgan fingerprint density at radius 1 is 1.32 bits per heavy atom. The standard InChI is InChI=1S/C15H20N6O/c1-20(2)13-7-6-11(9-16-13)15(22)21-8-4-3-5-12(21)14-17-10-18-19-14/h6-7,9-10,12H,3-5,8H2,1-2H3,(H,17,18,19)/t12-/m1/s1. The summed E-state index contributed by atoms with van der Waals surface area (Å²) in [4.78, 5) is 25.1. The molecule has 116 valence electrons. The molecule has 7 heteroatoms. The minimum absolute atomic E-state index is 0.00101. The average Bonchev–Trinajstić information content (AvgIpc) is 3.08. The highest BCUT2D eigenvalue weighted by Crippen LogP contribution is 2.29. The Morgan fingerprint density at radius 3 is 2.82 bits per heavy atom. The first-order valence-corrected chi connectivity index (χ1v) is 7.46. The summed E-state index contributed by atoms with van der Waals surface area (Å²) < 4.78 is 0. The van der Waals surface area contributed by atoms with Gasteiger partial charge in [0.2, 0.25) is 0 Å². The highest BCUT2D eigenvalue weighted by atomic mass is 16.2. The summed E-state index contributed by atoms with van der Waals surface area (Å²) in [6.45, 7) is 0.736. The van der Waals surface area contributed by atoms with E-state index in [2.05, 4.69) is 20.2 Å². The molecule has 22 heavy (non-hydrogen) atoms. The number of anilines is 1. The van der Waals surface area contributed by atoms with Gasteiger partial charge in [-0.25, -0.2) is 9.97 Å². The molecule has 0 bridgehead atoms. The van der Waals surface area contributed by atoms with Gasteiger partial charge in [-0.15, -0.1) is 0 Å². The number of amides is 1. The summed E-state index contributed by atoms with van der Waals surface area (Å²) in [6.07, 6.45) is 6.14. The number of nitrogens with one attached hydrogen (secondary N) is 1. The van der Waals surface area contributed by atoms with Crippen molar-refractivity contribution >= 4 is 11.7 Å². The number of nitrogens with zero attached hydrogens (tertiary/aromatic N) is 5. The van der Waals surface area contributed by atoms with Crippen molar-refractivity contribution in [2.45, 2.75) is 25.3 Å². The number of likely N-dealkylation sites (tertiary alicyclic amines) is 1. The fourth-order valence-corrected chi connectivity index (χ4v) is 2.78. The van der Waals surface area contributed by atoms with E-state index in [1.165, 1.54) is 6.33 Å². The van der Waals surface area contributed by atoms with Crippen LogP contribution in [0, 0.1) is 0 Å². The van der Waals surface area contributed by atoms with E-state index in [9.17, 15) is 4.79 Å². The van der Waals surface area contributed by atoms with Crippen LogP contribution < -0.4 is 4.90 Å². The lowest BCUT2D eigenvalue weighted by molar-refractivity contribution is 0.0600. The van der Waals surface area contributed by atoms with Gasteiger partial charge in [-0.3, -0.25) is 9.89 Å². The van der Waals surface area contributed by atoms with Gasteiger partial charge >= 0.3 is 0 Å². The smallest absolute Gasteiger partial charge is 0.256 e. The third-order valence-corrected chi connectivity index (χ3v) is 3.97. The average molecular weight is 300 g/mol. The molecule has 1 aliphatic rings. The molecule has 2 aromatic rings. The number of pyridine rings is 1. The van der Waals surface area contributed by atoms with Crippen molar-refractivity contribution in [1.29, 1.82) is 0 Å². The van der Waals surface area contributed by atoms with Crippen LogP contribution in [0.5, 0.6) is 0 Å². The molecule has 0 radical (unpaired) electrons. The molecule has 7 nitrogen and oxygen atoms in total. The van der Waals surface area contributed by atoms with Crippen LogP contribution in [0.1, 0.15) is 41.5 Å². The van der Waals surface area contributed by atoms with E-state index in [4.69, 9.17) is 0 Å². The molecule has 3 heterocycles. The molecular weight excluding hydrogens is 280 g/mol. The lowest BCUT2D eigenvalue weighted by Crippen LogP contribution is -2.39. The molecule has 0 saturated carbocycles. The summed E-state index contributed by atoms with van der Waals surface area (Å²) >= 11 is 0. The van der Waals surface area contributed by atoms with Crippen molar-refractivity contribution < 1.29 is 4.79 Å². The highest BCUT2D eigenvalue weighted by molar-refractivity contribution is 5.94. The van der Waals surface area contributed by atoms with Gasteiger partial charge in [0.05, 0.1) is 11.6 Å². The monoisotopic (exact) mass is 300 g/mol. The number of rotatable bonds is 3. The third kappa shape index (κ3) is 2.79. The molecule has 1 atom stereocenters. The number of piperidine rings is 1. The first kappa shape index (κ1) is 14.5. The molecule has 1 N–H and O–H groups in total. The normalized spacial score (nSPS) is 18.3. The van der Waals surface area contributed by atoms with Gasteiger partial charge in [0.25, 0.3) is 5.91 Å². The number of aromatic amines is 1. The van der Waals surface area contributed by atoms with E-state index in [-0.39, 0.29) is 11.9 Å². The topological polar surface area (TPSA) is 78.0 Å². The Balaban J connectivity index is 1.82. The maximum Gasteiger partial charge on any atom is 0.256 e. The molecule has 3 rings (SSSR count). The predicted octanol–water partition coefficient (Wildman–Crippen LogP) is 1.63. The summed E-state index contributed by atoms with van der Waals surface area (Å²) in [6, 6.07) is 3.66. The summed E-state index contributed by atoms with van der Waals surface area (Å²) in [5, 5.41) is 6.79. The second-order valence-electron chi connectivity index (χ2n) is 5.68. The van der Waals surface area contributed by atoms with Crippen LogP contribution in [-0.4, -0.2) is 51.6 Å². The molecule has 0 unspecified atom stereocenters. The Kier molecular flexibility index (Phi) is 4.04. The second kappa shape index (κ2) is 6.13. The molecular formula is C15H20N6O. The van der Waals surface area contributed by atoms with Gasteiger partial charge in [-0.2, -0.15) is 5.10 Å². The van der Waals surface area contributed by atoms with Gasteiger partial charge in [0.1, 0.15) is 18.0 Å². The lowest BCUT2D eigenvalue weighted by atomic mass is 10.0. The third-order valence-electron chi connectivity index (χ3n) is 3.97. The zero-order chi connectivity index (χ0) is 15.5. The second-order valence-corrected chi connectivity index (χ2v) is 5.68. The lowest BCUT2D eigenvalue weighted by Gasteiger charge is -2.34. The zero-order valence-electron chi connectivity index (χ0n) is 12.9. The Labute approximate surface area is 129 Å². The van der Waals surface area contributed by atoms with E-state index in [1.807, 2.05) is 36.0 Å². The van der Waals surface area contributed by atoms with Crippen LogP contribution in [0.15, 0.2) is 24.7 Å². The number of aromatic nitrogens is 4. The quantitative estimate of drug-likeness (QED) is 0.932. The van der Waals surface area contributed by atoms with Crippen LogP contribution in [0.2, 0.25) is 0 Å². The van der Waals surface area contributed by atoms with Gasteiger partial charge in [-0.05, 0) is 31.4 Å². The van der Waals surface area contributed by atoms with Crippen LogP contribution in [0.3, 0.4) is 0 Å². The van der Waals surface area contributed by atoms with Crippen molar-refractivity contribution in [2.75, 3.05) is 25.5 Å². The van der Waals surface area contributed by atoms with Crippen molar-refractivity contribution in [3.63, 3.8) is 0 Å². The Hall–Kier alpha value is -2.44. The summed E-state index contributed by atoms with van der Waals surface area (Å²) in [5.74, 6) is 1.59. The zero-order valence-corrected chi connectivity index (χ0v) is 12.9. The summed E-state index contributed by atoms with van der Waals surface area (Å²) in [5.41, 5.74) is 0.608. The van der Waals surface area contributed by atoms with Gasteiger partial charge in [-0.1, -0.05) is 0 Å². The first-order chi connectivity index (χ1) is 10.7. The van der Waals surface area contributed by atoms with Gasteiger partial charge in [0.15, 0.2) is 0 Å². The minimum Gasteiger partial charge on any atom is -0.363 e. The Morgan fingerprint density at radius 2 is 2.18 bits per heavy atom. The number of hydrogen-bond acceptors (Lipinski definition) is 5. The van der Waals surface area contributed by atoms with E-state index >= 15 is 0 Å². The van der Waals surface area contributed by atoms with Gasteiger partial charge < -0.3 is 9.80 Å². The van der Waals surface area contributed by atoms with E-state index in [0.717, 1.165) is 37.4 Å². The summed E-state index contributed by atoms with van der Waals surface area (Å²) in [7, 11) is 3.85. The molecule has 1 amide bonds. The molecule has 0 aliphatic carbocycles. The number of H-pyrrole nitrogens is 1. The van der Waals surface area contributed by atoms with Gasteiger partial charge in [0, 0.05) is 26.8 Å². The van der Waals surface area contributed by atoms with E-state index in [0.29, 0.717) is 5.56 Å². The maximum atomic E-state index is 12.8. The highest BCUT2D eigenvalue weighted by Gasteiger charge is 2.30. The Bertz CT molecular complexity index is 622. The SMILES string of the molecule is CN(C)c1ccc(C(=O)N2CCCC[C@@H]2c2ncn[nH]2)cn1. The van der Waals surface area contributed by atoms with Crippen LogP contribution in [0.4, 0.5) is 5.82 Å². The molecule has 0 aromatic carbocycles. The molecule has 1 aliphatic heterocycles. The van der Waals surface area contributed by atoms with Crippen LogP contribution >= 0.6 is 0 Å². The fourth-order valence-electron chi connectivity index (χ4n) is 2.78. The number of carbonyl (C=O) groups excluding carboxylic acids is 1. The predicted molar refractivity (Wildman–Crippen MR) is 82.6 cm³/mol. The first-order valence-electron chi connectivity index (χ1n) is 7.46. The molecule has 0 spiro atoms. The van der Waals surface area contributed by atoms with Crippen LogP contribution in [0.25, 0.3) is 0 Å². The van der Waals surface area contributed by atoms with Crippen molar-refractivity contribution in [2.24, 2.45) is 0 Å². The minimum atomic E-state index is -0.0303. The maximum absolute atomic E-state index is 12.8. The van der Waals surface area contributed by atoms with Crippen molar-refractivity contribution in [3.05, 3.63) is 36.0 Å². The number of hydrogen-bond donors (Lipinski definition) is 1. The largest absolute Gasteiger partial charge is 0.363 e. The molecule has 1 saturated heterocycles. The number of carbonyl (C=O) groups is 1. The van der Waals surface area contributed by atoms with E-state index in [1.54, 1.807) is 6.20 Å². The van der Waals surface area contributed by atoms with Crippen molar-refractivity contribution in [3.8, 4) is 0 Å². The van der Waals surface area contributed by atoms with Crippen molar-refractivity contribution in [1.82, 2.24) is 25.1 Å². The molecule has 1 fully saturated rings.